The number of hydrogen-bond acceptors (Lipinski definition) is 6. The van der Waals surface area contributed by atoms with Crippen LogP contribution in [0, 0.1) is 0 Å². The first-order chi connectivity index (χ1) is 29.5. The van der Waals surface area contributed by atoms with Gasteiger partial charge in [0.15, 0.2) is 6.10 Å². The van der Waals surface area contributed by atoms with E-state index in [0.717, 1.165) is 96.3 Å². The van der Waals surface area contributed by atoms with Gasteiger partial charge in [0.05, 0.1) is 0 Å². The summed E-state index contributed by atoms with van der Waals surface area (Å²) in [6.07, 6.45) is 59.2. The van der Waals surface area contributed by atoms with Crippen LogP contribution in [0.15, 0.2) is 60.8 Å². The molecular formula is C54H94O6. The molecule has 0 aliphatic heterocycles. The predicted molar refractivity (Wildman–Crippen MR) is 256 cm³/mol. The van der Waals surface area contributed by atoms with Gasteiger partial charge in [-0.3, -0.25) is 14.4 Å². The molecule has 6 nitrogen and oxygen atoms in total. The lowest BCUT2D eigenvalue weighted by Gasteiger charge is -2.18. The maximum atomic E-state index is 12.7. The van der Waals surface area contributed by atoms with E-state index < -0.39 is 6.10 Å². The molecule has 0 aliphatic carbocycles. The van der Waals surface area contributed by atoms with Gasteiger partial charge in [-0.1, -0.05) is 204 Å². The second kappa shape index (κ2) is 48.8. The van der Waals surface area contributed by atoms with Crippen LogP contribution in [0.25, 0.3) is 0 Å². The van der Waals surface area contributed by atoms with E-state index in [2.05, 4.69) is 81.5 Å². The molecule has 0 amide bonds. The Labute approximate surface area is 370 Å². The van der Waals surface area contributed by atoms with Crippen LogP contribution in [0.3, 0.4) is 0 Å². The fourth-order valence-corrected chi connectivity index (χ4v) is 6.96. The molecule has 0 heterocycles. The first-order valence-corrected chi connectivity index (χ1v) is 25.3. The van der Waals surface area contributed by atoms with Crippen molar-refractivity contribution in [2.45, 2.75) is 252 Å². The molecular weight excluding hydrogens is 745 g/mol. The Morgan fingerprint density at radius 3 is 1.05 bits per heavy atom. The lowest BCUT2D eigenvalue weighted by Crippen LogP contribution is -2.30. The number of carbonyl (C=O) groups excluding carboxylic acids is 3. The average molecular weight is 839 g/mol. The van der Waals surface area contributed by atoms with E-state index in [1.807, 2.05) is 0 Å². The summed E-state index contributed by atoms with van der Waals surface area (Å²) in [6.45, 7) is 6.47. The lowest BCUT2D eigenvalue weighted by molar-refractivity contribution is -0.167. The molecule has 6 heteroatoms. The fourth-order valence-electron chi connectivity index (χ4n) is 6.96. The van der Waals surface area contributed by atoms with Gasteiger partial charge in [0.1, 0.15) is 13.2 Å². The highest BCUT2D eigenvalue weighted by molar-refractivity contribution is 5.71. The molecule has 60 heavy (non-hydrogen) atoms. The van der Waals surface area contributed by atoms with Crippen LogP contribution in [0.2, 0.25) is 0 Å². The Hall–Kier alpha value is -2.89. The van der Waals surface area contributed by atoms with Crippen LogP contribution in [0.4, 0.5) is 0 Å². The summed E-state index contributed by atoms with van der Waals surface area (Å²) in [5.41, 5.74) is 0. The minimum absolute atomic E-state index is 0.0873. The van der Waals surface area contributed by atoms with Crippen molar-refractivity contribution in [2.75, 3.05) is 13.2 Å². The number of hydrogen-bond donors (Lipinski definition) is 0. The standard InChI is InChI=1S/C54H94O6/c1-4-7-10-13-16-19-22-24-25-26-27-28-30-32-35-38-41-44-47-53(56)59-50-51(49-58-52(55)46-43-40-37-34-31-21-18-15-12-9-6-3)60-54(57)48-45-42-39-36-33-29-23-20-17-14-11-8-5-2/h8,11,17,19-20,22,25-26,29,33,51H,4-7,9-10,12-16,18,21,23-24,27-28,30-32,34-50H2,1-3H3/b11-8-,20-17-,22-19-,26-25-,33-29-. The van der Waals surface area contributed by atoms with Gasteiger partial charge in [0, 0.05) is 19.3 Å². The largest absolute Gasteiger partial charge is 0.462 e. The smallest absolute Gasteiger partial charge is 0.306 e. The van der Waals surface area contributed by atoms with Crippen LogP contribution in [0.1, 0.15) is 245 Å². The van der Waals surface area contributed by atoms with E-state index in [1.54, 1.807) is 0 Å². The normalized spacial score (nSPS) is 12.5. The Kier molecular flexibility index (Phi) is 46.4. The first-order valence-electron chi connectivity index (χ1n) is 25.3. The number of ether oxygens (including phenoxy) is 3. The number of rotatable bonds is 45. The summed E-state index contributed by atoms with van der Waals surface area (Å²) in [5, 5.41) is 0. The zero-order valence-corrected chi connectivity index (χ0v) is 39.5. The summed E-state index contributed by atoms with van der Waals surface area (Å²) in [7, 11) is 0. The molecule has 0 aromatic carbocycles. The maximum Gasteiger partial charge on any atom is 0.306 e. The van der Waals surface area contributed by atoms with Gasteiger partial charge in [0.2, 0.25) is 0 Å². The van der Waals surface area contributed by atoms with Crippen molar-refractivity contribution >= 4 is 17.9 Å². The molecule has 0 aromatic heterocycles. The third kappa shape index (κ3) is 46.2. The zero-order chi connectivity index (χ0) is 43.7. The summed E-state index contributed by atoms with van der Waals surface area (Å²) in [5.74, 6) is -0.923. The SMILES string of the molecule is CC/C=C\C/C=C\C/C=C\CCCCCC(=O)OC(COC(=O)CCCCCCCCC/C=C\C/C=C\CCCCCC)COC(=O)CCCCCCCCCCCCC. The van der Waals surface area contributed by atoms with Crippen molar-refractivity contribution in [1.29, 1.82) is 0 Å². The minimum Gasteiger partial charge on any atom is -0.462 e. The molecule has 0 aromatic rings. The van der Waals surface area contributed by atoms with Gasteiger partial charge < -0.3 is 14.2 Å². The first kappa shape index (κ1) is 57.1. The van der Waals surface area contributed by atoms with Crippen LogP contribution in [-0.2, 0) is 28.6 Å². The second-order valence-corrected chi connectivity index (χ2v) is 16.7. The van der Waals surface area contributed by atoms with Gasteiger partial charge in [-0.2, -0.15) is 0 Å². The van der Waals surface area contributed by atoms with Crippen molar-refractivity contribution in [3.05, 3.63) is 60.8 Å². The Bertz CT molecular complexity index is 1100. The van der Waals surface area contributed by atoms with Gasteiger partial charge in [-0.05, 0) is 83.5 Å². The molecule has 346 valence electrons. The molecule has 0 saturated carbocycles. The van der Waals surface area contributed by atoms with E-state index in [1.165, 1.54) is 109 Å². The lowest BCUT2D eigenvalue weighted by atomic mass is 10.1. The maximum absolute atomic E-state index is 12.7. The van der Waals surface area contributed by atoms with Gasteiger partial charge >= 0.3 is 17.9 Å². The third-order valence-corrected chi connectivity index (χ3v) is 10.8. The highest BCUT2D eigenvalue weighted by Crippen LogP contribution is 2.14. The molecule has 0 N–H and O–H groups in total. The van der Waals surface area contributed by atoms with Crippen LogP contribution in [-0.4, -0.2) is 37.2 Å². The molecule has 0 fully saturated rings. The Balaban J connectivity index is 4.38. The number of unbranched alkanes of at least 4 members (excludes halogenated alkanes) is 24. The summed E-state index contributed by atoms with van der Waals surface area (Å²) < 4.78 is 16.7. The zero-order valence-electron chi connectivity index (χ0n) is 39.5. The van der Waals surface area contributed by atoms with E-state index in [0.29, 0.717) is 19.3 Å². The van der Waals surface area contributed by atoms with Crippen LogP contribution in [0.5, 0.6) is 0 Å². The van der Waals surface area contributed by atoms with Gasteiger partial charge in [0.25, 0.3) is 0 Å². The van der Waals surface area contributed by atoms with Gasteiger partial charge in [-0.25, -0.2) is 0 Å². The monoisotopic (exact) mass is 839 g/mol. The van der Waals surface area contributed by atoms with E-state index in [-0.39, 0.29) is 31.1 Å². The van der Waals surface area contributed by atoms with Crippen LogP contribution < -0.4 is 0 Å². The van der Waals surface area contributed by atoms with E-state index >= 15 is 0 Å². The van der Waals surface area contributed by atoms with Crippen molar-refractivity contribution in [3.63, 3.8) is 0 Å². The molecule has 1 unspecified atom stereocenters. The van der Waals surface area contributed by atoms with E-state index in [4.69, 9.17) is 14.2 Å². The van der Waals surface area contributed by atoms with Crippen molar-refractivity contribution in [1.82, 2.24) is 0 Å². The van der Waals surface area contributed by atoms with Crippen molar-refractivity contribution < 1.29 is 28.6 Å². The fraction of sp³-hybridized carbons (Fsp3) is 0.759. The number of allylic oxidation sites excluding steroid dienone is 10. The number of esters is 3. The molecule has 0 rings (SSSR count). The molecule has 0 aliphatic rings. The highest BCUT2D eigenvalue weighted by Gasteiger charge is 2.19. The average Bonchev–Trinajstić information content (AvgIpc) is 3.24. The quantitative estimate of drug-likeness (QED) is 0.0263. The highest BCUT2D eigenvalue weighted by atomic mass is 16.6. The Morgan fingerprint density at radius 2 is 0.650 bits per heavy atom. The molecule has 1 atom stereocenters. The second-order valence-electron chi connectivity index (χ2n) is 16.7. The third-order valence-electron chi connectivity index (χ3n) is 10.8. The summed E-state index contributed by atoms with van der Waals surface area (Å²) >= 11 is 0. The Morgan fingerprint density at radius 1 is 0.350 bits per heavy atom. The molecule has 0 spiro atoms. The predicted octanol–water partition coefficient (Wildman–Crippen LogP) is 16.5. The molecule has 0 radical (unpaired) electrons. The molecule has 0 saturated heterocycles. The molecule has 0 bridgehead atoms. The van der Waals surface area contributed by atoms with E-state index in [9.17, 15) is 14.4 Å². The topological polar surface area (TPSA) is 78.9 Å². The van der Waals surface area contributed by atoms with Crippen molar-refractivity contribution in [3.8, 4) is 0 Å². The summed E-state index contributed by atoms with van der Waals surface area (Å²) in [4.78, 5) is 37.9. The van der Waals surface area contributed by atoms with Gasteiger partial charge in [-0.15, -0.1) is 0 Å². The number of carbonyl (C=O) groups is 3. The van der Waals surface area contributed by atoms with Crippen LogP contribution >= 0.6 is 0 Å². The minimum atomic E-state index is -0.789. The van der Waals surface area contributed by atoms with Crippen molar-refractivity contribution in [2.24, 2.45) is 0 Å². The summed E-state index contributed by atoms with van der Waals surface area (Å²) in [6, 6.07) is 0.